The van der Waals surface area contributed by atoms with Crippen LogP contribution in [0.3, 0.4) is 0 Å². The molecule has 0 N–H and O–H groups in total. The van der Waals surface area contributed by atoms with Gasteiger partial charge in [-0.25, -0.2) is 0 Å². The van der Waals surface area contributed by atoms with E-state index in [1.54, 1.807) is 6.07 Å². The molecule has 0 heterocycles. The average Bonchev–Trinajstić information content (AvgIpc) is 3.71. The molecule has 0 nitrogen and oxygen atoms in total. The van der Waals surface area contributed by atoms with Crippen LogP contribution in [-0.4, -0.2) is 3.21 Å². The molecule has 0 amide bonds. The Hall–Kier alpha value is -2.52. The number of alkyl halides is 3. The first-order valence-electron chi connectivity index (χ1n) is 19.5. The predicted octanol–water partition coefficient (Wildman–Crippen LogP) is 15.5. The van der Waals surface area contributed by atoms with E-state index in [9.17, 15) is 13.2 Å². The number of aryl methyl sites for hydroxylation is 1. The molecule has 0 bridgehead atoms. The first kappa shape index (κ1) is 42.1. The molecule has 0 saturated heterocycles. The summed E-state index contributed by atoms with van der Waals surface area (Å²) < 4.78 is 43.5. The molecular weight excluding hydrogens is 808 g/mol. The van der Waals surface area contributed by atoms with Gasteiger partial charge in [0.05, 0.1) is 0 Å². The zero-order valence-electron chi connectivity index (χ0n) is 34.8. The van der Waals surface area contributed by atoms with Gasteiger partial charge in [-0.3, -0.25) is 0 Å². The van der Waals surface area contributed by atoms with Crippen molar-refractivity contribution in [1.82, 2.24) is 0 Å². The summed E-state index contributed by atoms with van der Waals surface area (Å²) in [4.78, 5) is 0. The Bertz CT molecular complexity index is 2210. The quantitative estimate of drug-likeness (QED) is 0.192. The monoisotopic (exact) mass is 862 g/mol. The number of hydrogen-bond acceptors (Lipinski definition) is 0. The molecule has 6 heteroatoms. The van der Waals surface area contributed by atoms with E-state index in [1.165, 1.54) is 34.4 Å². The van der Waals surface area contributed by atoms with Crippen LogP contribution in [0.2, 0.25) is 3.63 Å². The second-order valence-corrected chi connectivity index (χ2v) is 40.9. The molecule has 0 spiro atoms. The summed E-state index contributed by atoms with van der Waals surface area (Å²) in [7, 11) is 17.7. The maximum absolute atomic E-state index is 14.6. The van der Waals surface area contributed by atoms with Crippen LogP contribution in [0.15, 0.2) is 97.1 Å². The van der Waals surface area contributed by atoms with Crippen LogP contribution in [0.1, 0.15) is 142 Å². The molecule has 4 aromatic rings. The molecule has 0 aliphatic heterocycles. The van der Waals surface area contributed by atoms with E-state index in [4.69, 9.17) is 17.0 Å². The predicted molar refractivity (Wildman–Crippen MR) is 228 cm³/mol. The zero-order chi connectivity index (χ0) is 40.9. The Morgan fingerprint density at radius 2 is 0.964 bits per heavy atom. The number of allylic oxidation sites excluding steroid dienone is 4. The second-order valence-electron chi connectivity index (χ2n) is 20.2. The van der Waals surface area contributed by atoms with Crippen molar-refractivity contribution in [3.05, 3.63) is 153 Å². The molecule has 2 aliphatic carbocycles. The van der Waals surface area contributed by atoms with Gasteiger partial charge in [-0.1, -0.05) is 0 Å². The van der Waals surface area contributed by atoms with Crippen molar-refractivity contribution in [2.24, 2.45) is 0 Å². The van der Waals surface area contributed by atoms with Crippen molar-refractivity contribution < 1.29 is 29.1 Å². The molecule has 0 saturated carbocycles. The summed E-state index contributed by atoms with van der Waals surface area (Å²) in [5.41, 5.74) is 10.1. The molecule has 4 aromatic carbocycles. The first-order chi connectivity index (χ1) is 25.0. The first-order valence-corrected chi connectivity index (χ1v) is 29.9. The van der Waals surface area contributed by atoms with Gasteiger partial charge in [0, 0.05) is 0 Å². The summed E-state index contributed by atoms with van der Waals surface area (Å²) in [6, 6.07) is 23.2. The van der Waals surface area contributed by atoms with Gasteiger partial charge < -0.3 is 0 Å². The van der Waals surface area contributed by atoms with Crippen LogP contribution in [0.5, 0.6) is 0 Å². The van der Waals surface area contributed by atoms with E-state index < -0.39 is 34.9 Å². The van der Waals surface area contributed by atoms with Crippen molar-refractivity contribution in [2.45, 2.75) is 125 Å². The second kappa shape index (κ2) is 13.5. The van der Waals surface area contributed by atoms with Crippen LogP contribution in [0.4, 0.5) is 13.2 Å². The van der Waals surface area contributed by atoms with E-state index in [1.807, 2.05) is 43.3 Å². The molecule has 0 aromatic heterocycles. The number of fused-ring (bicyclic) bond motifs is 3. The Morgan fingerprint density at radius 3 is 1.36 bits per heavy atom. The third kappa shape index (κ3) is 7.40. The fraction of sp³-hybridized carbons (Fsp3) is 0.408. The van der Waals surface area contributed by atoms with Gasteiger partial charge in [0.15, 0.2) is 0 Å². The standard InChI is InChI=1S/C29H41.C15H11F3.C5H5.2ClH.Zr/c1-26(2,3)22-14-18-13-19-15-23(27(4,5)6)25(29(10,11)12)17-21(19)20(18)16-24(22)28(7,8)9;1-11-5-7-12(8-6-11)9-13-3-2-4-14(10-13)15(16,17)18;1-2-4-5-3-1;;;/h13-17H,1-12H3;2-8,10H,1H3;1-5H;2*1H;/q;;;;;+2/p-2. The van der Waals surface area contributed by atoms with Crippen LogP contribution >= 0.6 is 17.0 Å². The summed E-state index contributed by atoms with van der Waals surface area (Å²) >= 11 is -6.00. The summed E-state index contributed by atoms with van der Waals surface area (Å²) in [6.45, 7) is 29.1. The minimum absolute atomic E-state index is 0.164. The van der Waals surface area contributed by atoms with E-state index >= 15 is 0 Å². The molecule has 0 unspecified atom stereocenters. The molecule has 2 aliphatic rings. The van der Waals surface area contributed by atoms with Gasteiger partial charge in [-0.15, -0.1) is 0 Å². The normalized spacial score (nSPS) is 15.8. The fourth-order valence-electron chi connectivity index (χ4n) is 8.97. The van der Waals surface area contributed by atoms with Crippen molar-refractivity contribution in [3.8, 4) is 11.1 Å². The molecular formula is C49H57Cl2F3Zr. The molecule has 292 valence electrons. The topological polar surface area (TPSA) is 0 Å². The zero-order valence-corrected chi connectivity index (χ0v) is 38.8. The van der Waals surface area contributed by atoms with Gasteiger partial charge in [-0.05, 0) is 0 Å². The van der Waals surface area contributed by atoms with E-state index in [2.05, 4.69) is 120 Å². The van der Waals surface area contributed by atoms with E-state index in [0.29, 0.717) is 8.77 Å². The minimum atomic E-state index is -6.00. The summed E-state index contributed by atoms with van der Waals surface area (Å²) in [5.74, 6) is 0. The van der Waals surface area contributed by atoms with Crippen LogP contribution in [-0.2, 0) is 43.7 Å². The summed E-state index contributed by atoms with van der Waals surface area (Å²) in [5, 5.41) is 0. The third-order valence-electron chi connectivity index (χ3n) is 11.7. The van der Waals surface area contributed by atoms with E-state index in [-0.39, 0.29) is 21.7 Å². The Balaban J connectivity index is 1.94. The molecule has 0 atom stereocenters. The molecule has 0 fully saturated rings. The maximum atomic E-state index is 14.6. The van der Waals surface area contributed by atoms with Crippen LogP contribution < -0.4 is 0 Å². The summed E-state index contributed by atoms with van der Waals surface area (Å²) in [6.07, 6.45) is 3.62. The number of hydrogen-bond donors (Lipinski definition) is 0. The number of rotatable bonds is 4. The average molecular weight is 865 g/mol. The van der Waals surface area contributed by atoms with Crippen molar-refractivity contribution in [2.75, 3.05) is 0 Å². The number of benzene rings is 4. The fourth-order valence-corrected chi connectivity index (χ4v) is 28.3. The van der Waals surface area contributed by atoms with Crippen LogP contribution in [0, 0.1) is 6.92 Å². The van der Waals surface area contributed by atoms with Crippen molar-refractivity contribution in [3.63, 3.8) is 0 Å². The SMILES string of the molecule is Cc1ccc([C](c2cccc(C(F)(F)F)c2)=[Zr]([Cl])([Cl])([CH]2C=CC=C2)[CH]2c3cc(C(C)(C)C)c(C(C)(C)C)cc3-c3cc(C(C)(C)C)c(C(C)(C)C)cc32)cc1. The van der Waals surface area contributed by atoms with E-state index in [0.717, 1.165) is 39.4 Å². The van der Waals surface area contributed by atoms with Crippen LogP contribution in [0.25, 0.3) is 11.1 Å². The van der Waals surface area contributed by atoms with Gasteiger partial charge in [0.25, 0.3) is 0 Å². The molecule has 6 rings (SSSR count). The van der Waals surface area contributed by atoms with Gasteiger partial charge in [0.1, 0.15) is 0 Å². The van der Waals surface area contributed by atoms with Gasteiger partial charge in [0.2, 0.25) is 0 Å². The van der Waals surface area contributed by atoms with Gasteiger partial charge in [-0.2, -0.15) is 0 Å². The third-order valence-corrected chi connectivity index (χ3v) is 31.4. The molecule has 0 radical (unpaired) electrons. The van der Waals surface area contributed by atoms with Crippen molar-refractivity contribution in [1.29, 1.82) is 0 Å². The molecule has 55 heavy (non-hydrogen) atoms. The Kier molecular flexibility index (Phi) is 10.4. The number of halogens is 5. The Morgan fingerprint density at radius 1 is 0.545 bits per heavy atom. The Labute approximate surface area is 336 Å². The van der Waals surface area contributed by atoms with Crippen molar-refractivity contribution >= 4 is 20.2 Å². The van der Waals surface area contributed by atoms with Gasteiger partial charge >= 0.3 is 338 Å².